The molecule has 7 heteroatoms. The van der Waals surface area contributed by atoms with Crippen LogP contribution in [0.15, 0.2) is 21.8 Å². The molecule has 1 aliphatic heterocycles. The van der Waals surface area contributed by atoms with E-state index < -0.39 is 0 Å². The van der Waals surface area contributed by atoms with Crippen molar-refractivity contribution in [3.8, 4) is 0 Å². The van der Waals surface area contributed by atoms with Gasteiger partial charge in [0.2, 0.25) is 5.91 Å². The van der Waals surface area contributed by atoms with Gasteiger partial charge in [-0.25, -0.2) is 4.99 Å². The molecule has 130 valence electrons. The molecule has 1 aliphatic rings. The van der Waals surface area contributed by atoms with Crippen molar-refractivity contribution in [1.82, 2.24) is 15.5 Å². The molecule has 2 N–H and O–H groups in total. The molecule has 2 rings (SSSR count). The lowest BCUT2D eigenvalue weighted by Crippen LogP contribution is -2.40. The van der Waals surface area contributed by atoms with Gasteiger partial charge in [0.25, 0.3) is 0 Å². The lowest BCUT2D eigenvalue weighted by Gasteiger charge is -2.17. The van der Waals surface area contributed by atoms with Crippen molar-refractivity contribution in [1.29, 1.82) is 0 Å². The normalized spacial score (nSPS) is 15.9. The second kappa shape index (κ2) is 10.9. The number of guanidine groups is 1. The second-order valence-electron chi connectivity index (χ2n) is 5.62. The number of nitrogens with zero attached hydrogens (tertiary/aromatic N) is 2. The van der Waals surface area contributed by atoms with Crippen molar-refractivity contribution >= 4 is 47.2 Å². The van der Waals surface area contributed by atoms with E-state index in [-0.39, 0.29) is 36.4 Å². The summed E-state index contributed by atoms with van der Waals surface area (Å²) in [5.74, 6) is 1.27. The maximum atomic E-state index is 12.0. The number of hydrogen-bond acceptors (Lipinski definition) is 3. The molecule has 1 unspecified atom stereocenters. The van der Waals surface area contributed by atoms with Crippen LogP contribution < -0.4 is 10.6 Å². The van der Waals surface area contributed by atoms with E-state index in [1.54, 1.807) is 11.3 Å². The van der Waals surface area contributed by atoms with Crippen LogP contribution in [0.2, 0.25) is 0 Å². The highest BCUT2D eigenvalue weighted by Crippen LogP contribution is 2.16. The zero-order valence-electron chi connectivity index (χ0n) is 13.9. The summed E-state index contributed by atoms with van der Waals surface area (Å²) >= 11 is 1.72. The SMILES string of the molecule is CCNC(=NCC(=O)N1CCCC1)NCC(C)c1ccsc1.I. The summed E-state index contributed by atoms with van der Waals surface area (Å²) in [6.07, 6.45) is 2.23. The van der Waals surface area contributed by atoms with Gasteiger partial charge in [-0.2, -0.15) is 11.3 Å². The van der Waals surface area contributed by atoms with Crippen LogP contribution in [0.4, 0.5) is 0 Å². The number of halogens is 1. The number of nitrogens with one attached hydrogen (secondary N) is 2. The Hall–Kier alpha value is -0.830. The molecular formula is C16H27IN4OS. The largest absolute Gasteiger partial charge is 0.357 e. The summed E-state index contributed by atoms with van der Waals surface area (Å²) in [6.45, 7) is 7.80. The highest BCUT2D eigenvalue weighted by Gasteiger charge is 2.17. The molecule has 0 aromatic carbocycles. The fraction of sp³-hybridized carbons (Fsp3) is 0.625. The number of rotatable bonds is 6. The zero-order valence-corrected chi connectivity index (χ0v) is 17.0. The first-order chi connectivity index (χ1) is 10.7. The Labute approximate surface area is 160 Å². The Morgan fingerprint density at radius 1 is 1.39 bits per heavy atom. The van der Waals surface area contributed by atoms with Gasteiger partial charge in [-0.15, -0.1) is 24.0 Å². The van der Waals surface area contributed by atoms with E-state index in [0.29, 0.717) is 5.92 Å². The minimum absolute atomic E-state index is 0. The van der Waals surface area contributed by atoms with Crippen molar-refractivity contribution in [2.45, 2.75) is 32.6 Å². The van der Waals surface area contributed by atoms with Crippen molar-refractivity contribution in [3.05, 3.63) is 22.4 Å². The van der Waals surface area contributed by atoms with E-state index >= 15 is 0 Å². The summed E-state index contributed by atoms with van der Waals surface area (Å²) in [6, 6.07) is 2.15. The number of likely N-dealkylation sites (tertiary alicyclic amines) is 1. The van der Waals surface area contributed by atoms with Gasteiger partial charge >= 0.3 is 0 Å². The van der Waals surface area contributed by atoms with Gasteiger partial charge in [-0.3, -0.25) is 4.79 Å². The lowest BCUT2D eigenvalue weighted by molar-refractivity contribution is -0.128. The Kier molecular flexibility index (Phi) is 9.54. The fourth-order valence-electron chi connectivity index (χ4n) is 2.48. The molecule has 1 aromatic rings. The third-order valence-electron chi connectivity index (χ3n) is 3.86. The standard InChI is InChI=1S/C16H26N4OS.HI/c1-3-17-16(18-10-13(2)14-6-9-22-12-14)19-11-15(21)20-7-4-5-8-20;/h6,9,12-13H,3-5,7-8,10-11H2,1-2H3,(H2,17,18,19);1H. The Balaban J connectivity index is 0.00000264. The van der Waals surface area contributed by atoms with E-state index in [4.69, 9.17) is 0 Å². The van der Waals surface area contributed by atoms with Crippen LogP contribution in [-0.4, -0.2) is 49.5 Å². The number of aliphatic imine (C=N–C) groups is 1. The number of amides is 1. The Morgan fingerprint density at radius 2 is 2.13 bits per heavy atom. The van der Waals surface area contributed by atoms with Gasteiger partial charge in [0.1, 0.15) is 6.54 Å². The van der Waals surface area contributed by atoms with Crippen molar-refractivity contribution in [2.75, 3.05) is 32.7 Å². The molecule has 0 saturated carbocycles. The van der Waals surface area contributed by atoms with E-state index in [2.05, 4.69) is 39.4 Å². The maximum Gasteiger partial charge on any atom is 0.244 e. The molecule has 1 aromatic heterocycles. The predicted octanol–water partition coefficient (Wildman–Crippen LogP) is 2.65. The fourth-order valence-corrected chi connectivity index (χ4v) is 3.26. The first-order valence-electron chi connectivity index (χ1n) is 8.02. The molecular weight excluding hydrogens is 423 g/mol. The maximum absolute atomic E-state index is 12.0. The van der Waals surface area contributed by atoms with Crippen LogP contribution in [0.25, 0.3) is 0 Å². The molecule has 2 heterocycles. The first kappa shape index (κ1) is 20.2. The third kappa shape index (κ3) is 6.66. The smallest absolute Gasteiger partial charge is 0.244 e. The molecule has 0 radical (unpaired) electrons. The minimum Gasteiger partial charge on any atom is -0.357 e. The monoisotopic (exact) mass is 450 g/mol. The van der Waals surface area contributed by atoms with Crippen molar-refractivity contribution < 1.29 is 4.79 Å². The average Bonchev–Trinajstić information content (AvgIpc) is 3.22. The quantitative estimate of drug-likeness (QED) is 0.398. The van der Waals surface area contributed by atoms with Gasteiger partial charge < -0.3 is 15.5 Å². The zero-order chi connectivity index (χ0) is 15.8. The van der Waals surface area contributed by atoms with Crippen molar-refractivity contribution in [2.24, 2.45) is 4.99 Å². The molecule has 0 aliphatic carbocycles. The van der Waals surface area contributed by atoms with Gasteiger partial charge in [0.05, 0.1) is 0 Å². The number of thiophene rings is 1. The molecule has 1 fully saturated rings. The molecule has 1 saturated heterocycles. The van der Waals surface area contributed by atoms with Gasteiger partial charge in [-0.05, 0) is 48.1 Å². The first-order valence-corrected chi connectivity index (χ1v) is 8.97. The molecule has 0 spiro atoms. The van der Waals surface area contributed by atoms with E-state index in [0.717, 1.165) is 45.0 Å². The summed E-state index contributed by atoms with van der Waals surface area (Å²) in [5, 5.41) is 10.8. The number of carbonyl (C=O) groups excluding carboxylic acids is 1. The lowest BCUT2D eigenvalue weighted by atomic mass is 10.1. The third-order valence-corrected chi connectivity index (χ3v) is 4.56. The van der Waals surface area contributed by atoms with Crippen LogP contribution >= 0.6 is 35.3 Å². The second-order valence-corrected chi connectivity index (χ2v) is 6.40. The van der Waals surface area contributed by atoms with Crippen LogP contribution in [0.1, 0.15) is 38.2 Å². The Bertz CT molecular complexity index is 486. The molecule has 0 bridgehead atoms. The van der Waals surface area contributed by atoms with E-state index in [1.807, 2.05) is 11.8 Å². The van der Waals surface area contributed by atoms with Gasteiger partial charge in [-0.1, -0.05) is 6.92 Å². The minimum atomic E-state index is 0. The van der Waals surface area contributed by atoms with Crippen LogP contribution in [0.5, 0.6) is 0 Å². The number of carbonyl (C=O) groups is 1. The topological polar surface area (TPSA) is 56.7 Å². The predicted molar refractivity (Wildman–Crippen MR) is 108 cm³/mol. The summed E-state index contributed by atoms with van der Waals surface area (Å²) in [4.78, 5) is 18.4. The highest BCUT2D eigenvalue weighted by atomic mass is 127. The molecule has 1 amide bonds. The summed E-state index contributed by atoms with van der Waals surface area (Å²) in [7, 11) is 0. The van der Waals surface area contributed by atoms with Crippen LogP contribution in [0, 0.1) is 0 Å². The molecule has 1 atom stereocenters. The molecule has 23 heavy (non-hydrogen) atoms. The van der Waals surface area contributed by atoms with Crippen LogP contribution in [0.3, 0.4) is 0 Å². The van der Waals surface area contributed by atoms with E-state index in [9.17, 15) is 4.79 Å². The summed E-state index contributed by atoms with van der Waals surface area (Å²) in [5.41, 5.74) is 1.33. The Morgan fingerprint density at radius 3 is 2.74 bits per heavy atom. The van der Waals surface area contributed by atoms with Gasteiger partial charge in [0.15, 0.2) is 5.96 Å². The van der Waals surface area contributed by atoms with Gasteiger partial charge in [0, 0.05) is 26.2 Å². The van der Waals surface area contributed by atoms with Crippen molar-refractivity contribution in [3.63, 3.8) is 0 Å². The highest BCUT2D eigenvalue weighted by molar-refractivity contribution is 14.0. The molecule has 5 nitrogen and oxygen atoms in total. The average molecular weight is 450 g/mol. The van der Waals surface area contributed by atoms with Crippen LogP contribution in [-0.2, 0) is 4.79 Å². The number of hydrogen-bond donors (Lipinski definition) is 2. The summed E-state index contributed by atoms with van der Waals surface area (Å²) < 4.78 is 0. The van der Waals surface area contributed by atoms with E-state index in [1.165, 1.54) is 5.56 Å².